The van der Waals surface area contributed by atoms with Crippen LogP contribution in [0, 0.1) is 3.57 Å². The summed E-state index contributed by atoms with van der Waals surface area (Å²) < 4.78 is 7.87. The Morgan fingerprint density at radius 2 is 2.33 bits per heavy atom. The predicted molar refractivity (Wildman–Crippen MR) is 66.9 cm³/mol. The van der Waals surface area contributed by atoms with E-state index < -0.39 is 0 Å². The Morgan fingerprint density at radius 1 is 1.50 bits per heavy atom. The maximum absolute atomic E-state index is 4.26. The Hall–Kier alpha value is 0.410. The van der Waals surface area contributed by atoms with Crippen molar-refractivity contribution in [2.75, 3.05) is 0 Å². The van der Waals surface area contributed by atoms with Gasteiger partial charge in [0.15, 0.2) is 0 Å². The van der Waals surface area contributed by atoms with Crippen LogP contribution in [0.15, 0.2) is 15.5 Å². The second-order valence-corrected chi connectivity index (χ2v) is 4.60. The first-order chi connectivity index (χ1) is 5.81. The Labute approximate surface area is 99.1 Å². The van der Waals surface area contributed by atoms with Gasteiger partial charge >= 0.3 is 0 Å². The van der Waals surface area contributed by atoms with Crippen LogP contribution in [-0.2, 0) is 6.54 Å². The monoisotopic (exact) mass is 386 g/mol. The highest BCUT2D eigenvalue weighted by molar-refractivity contribution is 14.1. The molecule has 2 heterocycles. The molecule has 1 aliphatic rings. The van der Waals surface area contributed by atoms with Crippen molar-refractivity contribution in [2.24, 2.45) is 3.21 Å². The van der Waals surface area contributed by atoms with Crippen molar-refractivity contribution < 1.29 is 0 Å². The van der Waals surface area contributed by atoms with Gasteiger partial charge in [0.05, 0.1) is 34.3 Å². The van der Waals surface area contributed by atoms with Crippen LogP contribution < -0.4 is 0 Å². The van der Waals surface area contributed by atoms with Crippen molar-refractivity contribution in [1.29, 1.82) is 0 Å². The fraction of sp³-hybridized carbons (Fsp3) is 0.375. The molecule has 0 radical (unpaired) electrons. The standard InChI is InChI=1S/C8H8I2N2/c9-6-4-8-7(11-10)2-1-3-12(8)5-6/h4-5H,1-3H2/b11-7+. The number of aromatic nitrogens is 1. The van der Waals surface area contributed by atoms with Crippen molar-refractivity contribution in [2.45, 2.75) is 19.4 Å². The SMILES string of the molecule is I/N=C1\CCCn2cc(I)cc21. The quantitative estimate of drug-likeness (QED) is 0.611. The largest absolute Gasteiger partial charge is 0.345 e. The average Bonchev–Trinajstić information content (AvgIpc) is 2.44. The molecule has 2 rings (SSSR count). The summed E-state index contributed by atoms with van der Waals surface area (Å²) in [4.78, 5) is 0. The lowest BCUT2D eigenvalue weighted by molar-refractivity contribution is 0.632. The maximum atomic E-state index is 4.26. The zero-order chi connectivity index (χ0) is 8.55. The van der Waals surface area contributed by atoms with Crippen molar-refractivity contribution in [3.05, 3.63) is 21.5 Å². The highest BCUT2D eigenvalue weighted by Crippen LogP contribution is 2.20. The van der Waals surface area contributed by atoms with Crippen LogP contribution in [0.25, 0.3) is 0 Å². The van der Waals surface area contributed by atoms with Gasteiger partial charge < -0.3 is 4.57 Å². The lowest BCUT2D eigenvalue weighted by Gasteiger charge is -2.15. The molecule has 64 valence electrons. The fourth-order valence-corrected chi connectivity index (χ4v) is 2.65. The van der Waals surface area contributed by atoms with E-state index in [-0.39, 0.29) is 0 Å². The minimum Gasteiger partial charge on any atom is -0.345 e. The molecular weight excluding hydrogens is 378 g/mol. The molecule has 0 saturated heterocycles. The van der Waals surface area contributed by atoms with E-state index in [1.807, 2.05) is 0 Å². The molecule has 0 unspecified atom stereocenters. The summed E-state index contributed by atoms with van der Waals surface area (Å²) in [6.07, 6.45) is 4.54. The summed E-state index contributed by atoms with van der Waals surface area (Å²) in [6, 6.07) is 2.21. The Bertz CT molecular complexity index is 328. The molecule has 0 fully saturated rings. The van der Waals surface area contributed by atoms with Gasteiger partial charge in [-0.1, -0.05) is 0 Å². The van der Waals surface area contributed by atoms with E-state index >= 15 is 0 Å². The zero-order valence-electron chi connectivity index (χ0n) is 6.43. The van der Waals surface area contributed by atoms with E-state index in [0.717, 1.165) is 13.0 Å². The third-order valence-electron chi connectivity index (χ3n) is 2.07. The van der Waals surface area contributed by atoms with Crippen LogP contribution in [-0.4, -0.2) is 10.3 Å². The number of rotatable bonds is 0. The molecule has 12 heavy (non-hydrogen) atoms. The summed E-state index contributed by atoms with van der Waals surface area (Å²) in [5.74, 6) is 0. The number of hydrogen-bond acceptors (Lipinski definition) is 1. The molecule has 0 atom stereocenters. The fourth-order valence-electron chi connectivity index (χ4n) is 1.53. The van der Waals surface area contributed by atoms with E-state index in [4.69, 9.17) is 0 Å². The second kappa shape index (κ2) is 3.65. The van der Waals surface area contributed by atoms with Crippen molar-refractivity contribution >= 4 is 51.2 Å². The molecule has 1 aromatic rings. The summed E-state index contributed by atoms with van der Waals surface area (Å²) in [5.41, 5.74) is 2.55. The van der Waals surface area contributed by atoms with Gasteiger partial charge in [0.25, 0.3) is 0 Å². The molecule has 0 N–H and O–H groups in total. The molecule has 0 amide bonds. The smallest absolute Gasteiger partial charge is 0.0835 e. The van der Waals surface area contributed by atoms with Crippen LogP contribution in [0.3, 0.4) is 0 Å². The highest BCUT2D eigenvalue weighted by atomic mass is 127. The molecule has 1 aromatic heterocycles. The normalized spacial score (nSPS) is 19.7. The first-order valence-electron chi connectivity index (χ1n) is 3.85. The van der Waals surface area contributed by atoms with Crippen molar-refractivity contribution in [3.8, 4) is 0 Å². The molecule has 0 bridgehead atoms. The maximum Gasteiger partial charge on any atom is 0.0835 e. The van der Waals surface area contributed by atoms with Crippen LogP contribution in [0.2, 0.25) is 0 Å². The highest BCUT2D eigenvalue weighted by Gasteiger charge is 2.15. The van der Waals surface area contributed by atoms with Gasteiger partial charge in [-0.25, -0.2) is 3.21 Å². The minimum absolute atomic E-state index is 1.13. The number of nitrogens with zero attached hydrogens (tertiary/aromatic N) is 2. The first kappa shape index (κ1) is 8.98. The summed E-state index contributed by atoms with van der Waals surface area (Å²) >= 11 is 4.43. The second-order valence-electron chi connectivity index (χ2n) is 2.87. The molecule has 0 spiro atoms. The van der Waals surface area contributed by atoms with Gasteiger partial charge in [-0.15, -0.1) is 0 Å². The lowest BCUT2D eigenvalue weighted by atomic mass is 10.1. The topological polar surface area (TPSA) is 17.3 Å². The Balaban J connectivity index is 2.50. The Kier molecular flexibility index (Phi) is 2.73. The molecule has 4 heteroatoms. The van der Waals surface area contributed by atoms with Gasteiger partial charge in [-0.2, -0.15) is 0 Å². The number of aryl methyl sites for hydroxylation is 1. The van der Waals surface area contributed by atoms with Gasteiger partial charge in [-0.05, 0) is 41.5 Å². The van der Waals surface area contributed by atoms with Crippen molar-refractivity contribution in [1.82, 2.24) is 4.57 Å². The Morgan fingerprint density at radius 3 is 3.08 bits per heavy atom. The summed E-state index contributed by atoms with van der Waals surface area (Å²) in [5, 5.41) is 0. The molecule has 0 aliphatic carbocycles. The summed E-state index contributed by atoms with van der Waals surface area (Å²) in [6.45, 7) is 1.15. The third-order valence-corrected chi connectivity index (χ3v) is 3.25. The first-order valence-corrected chi connectivity index (χ1v) is 5.89. The molecular formula is C8H8I2N2. The number of fused-ring (bicyclic) bond motifs is 1. The van der Waals surface area contributed by atoms with Crippen LogP contribution >= 0.6 is 45.5 Å². The minimum atomic E-state index is 1.13. The van der Waals surface area contributed by atoms with Gasteiger partial charge in [0, 0.05) is 16.3 Å². The molecule has 0 aromatic carbocycles. The average molecular weight is 386 g/mol. The number of halogens is 2. The van der Waals surface area contributed by atoms with E-state index in [2.05, 4.69) is 65.5 Å². The predicted octanol–water partition coefficient (Wildman–Crippen LogP) is 3.03. The molecule has 2 nitrogen and oxygen atoms in total. The molecule has 0 saturated carbocycles. The van der Waals surface area contributed by atoms with Gasteiger partial charge in [0.2, 0.25) is 0 Å². The van der Waals surface area contributed by atoms with Gasteiger partial charge in [0.1, 0.15) is 0 Å². The van der Waals surface area contributed by atoms with Crippen LogP contribution in [0.5, 0.6) is 0 Å². The van der Waals surface area contributed by atoms with E-state index in [1.54, 1.807) is 0 Å². The lowest BCUT2D eigenvalue weighted by Crippen LogP contribution is -2.15. The molecule has 1 aliphatic heterocycles. The van der Waals surface area contributed by atoms with E-state index in [1.165, 1.54) is 21.4 Å². The zero-order valence-corrected chi connectivity index (χ0v) is 10.7. The van der Waals surface area contributed by atoms with Crippen molar-refractivity contribution in [3.63, 3.8) is 0 Å². The van der Waals surface area contributed by atoms with Crippen LogP contribution in [0.1, 0.15) is 18.5 Å². The summed E-state index contributed by atoms with van der Waals surface area (Å²) in [7, 11) is 0. The van der Waals surface area contributed by atoms with E-state index in [9.17, 15) is 0 Å². The third kappa shape index (κ3) is 1.55. The van der Waals surface area contributed by atoms with Gasteiger partial charge in [-0.3, -0.25) is 0 Å². The van der Waals surface area contributed by atoms with E-state index in [0.29, 0.717) is 0 Å². The van der Waals surface area contributed by atoms with Crippen LogP contribution in [0.4, 0.5) is 0 Å². The number of hydrogen-bond donors (Lipinski definition) is 0.